The molecule has 1 aromatic rings. The van der Waals surface area contributed by atoms with Crippen LogP contribution in [0.3, 0.4) is 0 Å². The van der Waals surface area contributed by atoms with Crippen molar-refractivity contribution in [3.63, 3.8) is 0 Å². The van der Waals surface area contributed by atoms with Crippen LogP contribution in [-0.4, -0.2) is 39.8 Å². The molecule has 0 aromatic heterocycles. The molecule has 0 saturated carbocycles. The monoisotopic (exact) mass is 332 g/mol. The Morgan fingerprint density at radius 2 is 2.24 bits per heavy atom. The van der Waals surface area contributed by atoms with Crippen molar-refractivity contribution in [1.82, 2.24) is 5.32 Å². The van der Waals surface area contributed by atoms with E-state index in [2.05, 4.69) is 10.0 Å². The molecule has 0 spiro atoms. The number of hydrogen-bond acceptors (Lipinski definition) is 4. The summed E-state index contributed by atoms with van der Waals surface area (Å²) in [5, 5.41) is 2.95. The van der Waals surface area contributed by atoms with Crippen LogP contribution in [0.1, 0.15) is 23.2 Å². The molecule has 116 valence electrons. The number of nitrogens with one attached hydrogen (secondary N) is 2. The van der Waals surface area contributed by atoms with E-state index in [1.54, 1.807) is 0 Å². The van der Waals surface area contributed by atoms with E-state index in [0.29, 0.717) is 12.1 Å². The molecule has 1 heterocycles. The highest BCUT2D eigenvalue weighted by atomic mass is 35.5. The molecule has 6 nitrogen and oxygen atoms in total. The standard InChI is InChI=1S/C13H17ClN2O4S/c1-21(18,19)16-12-5-4-9(7-11(12)14)13(17)15-8-10-3-2-6-20-10/h4-5,7,10,16H,2-3,6,8H2,1H3,(H,15,17)/t10-/m0/s1. The van der Waals surface area contributed by atoms with E-state index < -0.39 is 10.0 Å². The number of anilines is 1. The zero-order valence-corrected chi connectivity index (χ0v) is 13.1. The van der Waals surface area contributed by atoms with Crippen LogP contribution in [-0.2, 0) is 14.8 Å². The molecular formula is C13H17ClN2O4S. The molecule has 8 heteroatoms. The first kappa shape index (κ1) is 16.1. The molecule has 0 bridgehead atoms. The summed E-state index contributed by atoms with van der Waals surface area (Å²) in [6.07, 6.45) is 3.05. The molecule has 1 atom stereocenters. The van der Waals surface area contributed by atoms with Gasteiger partial charge in [-0.15, -0.1) is 0 Å². The van der Waals surface area contributed by atoms with Crippen molar-refractivity contribution < 1.29 is 17.9 Å². The van der Waals surface area contributed by atoms with E-state index in [0.717, 1.165) is 25.7 Å². The highest BCUT2D eigenvalue weighted by Crippen LogP contribution is 2.24. The molecular weight excluding hydrogens is 316 g/mol. The van der Waals surface area contributed by atoms with Crippen molar-refractivity contribution in [3.05, 3.63) is 28.8 Å². The SMILES string of the molecule is CS(=O)(=O)Nc1ccc(C(=O)NC[C@@H]2CCCO2)cc1Cl. The van der Waals surface area contributed by atoms with Gasteiger partial charge in [-0.2, -0.15) is 0 Å². The summed E-state index contributed by atoms with van der Waals surface area (Å²) in [5.41, 5.74) is 0.617. The quantitative estimate of drug-likeness (QED) is 0.858. The fourth-order valence-electron chi connectivity index (χ4n) is 2.05. The Bertz CT molecular complexity index is 627. The Balaban J connectivity index is 1.99. The Kier molecular flexibility index (Phi) is 5.08. The molecule has 2 N–H and O–H groups in total. The molecule has 1 amide bonds. The van der Waals surface area contributed by atoms with Gasteiger partial charge in [0.15, 0.2) is 0 Å². The van der Waals surface area contributed by atoms with Crippen molar-refractivity contribution >= 4 is 33.2 Å². The number of ether oxygens (including phenoxy) is 1. The number of rotatable bonds is 5. The average molecular weight is 333 g/mol. The van der Waals surface area contributed by atoms with Gasteiger partial charge in [0.1, 0.15) is 0 Å². The van der Waals surface area contributed by atoms with E-state index in [1.165, 1.54) is 18.2 Å². The third kappa shape index (κ3) is 4.87. The lowest BCUT2D eigenvalue weighted by molar-refractivity contribution is 0.0858. The highest BCUT2D eigenvalue weighted by molar-refractivity contribution is 7.92. The fourth-order valence-corrected chi connectivity index (χ4v) is 2.91. The molecule has 1 aromatic carbocycles. The predicted molar refractivity (Wildman–Crippen MR) is 81.2 cm³/mol. The normalized spacial score (nSPS) is 18.5. The van der Waals surface area contributed by atoms with Crippen LogP contribution in [0.2, 0.25) is 5.02 Å². The first-order chi connectivity index (χ1) is 9.85. The van der Waals surface area contributed by atoms with Gasteiger partial charge in [-0.3, -0.25) is 9.52 Å². The second-order valence-electron chi connectivity index (χ2n) is 4.91. The summed E-state index contributed by atoms with van der Waals surface area (Å²) >= 11 is 5.98. The summed E-state index contributed by atoms with van der Waals surface area (Å²) in [6, 6.07) is 4.41. The fraction of sp³-hybridized carbons (Fsp3) is 0.462. The number of hydrogen-bond donors (Lipinski definition) is 2. The minimum Gasteiger partial charge on any atom is -0.376 e. The molecule has 0 radical (unpaired) electrons. The lowest BCUT2D eigenvalue weighted by atomic mass is 10.2. The second kappa shape index (κ2) is 6.64. The molecule has 21 heavy (non-hydrogen) atoms. The predicted octanol–water partition coefficient (Wildman–Crippen LogP) is 1.62. The zero-order chi connectivity index (χ0) is 15.5. The second-order valence-corrected chi connectivity index (χ2v) is 7.07. The molecule has 0 aliphatic carbocycles. The summed E-state index contributed by atoms with van der Waals surface area (Å²) in [7, 11) is -3.41. The van der Waals surface area contributed by atoms with E-state index in [1.807, 2.05) is 0 Å². The van der Waals surface area contributed by atoms with Gasteiger partial charge < -0.3 is 10.1 Å². The molecule has 0 unspecified atom stereocenters. The molecule has 1 aliphatic heterocycles. The summed E-state index contributed by atoms with van der Waals surface area (Å²) in [5.74, 6) is -0.265. The van der Waals surface area contributed by atoms with Crippen molar-refractivity contribution in [2.45, 2.75) is 18.9 Å². The number of amides is 1. The minimum atomic E-state index is -3.41. The largest absolute Gasteiger partial charge is 0.376 e. The summed E-state index contributed by atoms with van der Waals surface area (Å²) in [4.78, 5) is 12.0. The maximum absolute atomic E-state index is 12.0. The molecule has 1 fully saturated rings. The smallest absolute Gasteiger partial charge is 0.251 e. The van der Waals surface area contributed by atoms with Crippen LogP contribution in [0.4, 0.5) is 5.69 Å². The maximum Gasteiger partial charge on any atom is 0.251 e. The van der Waals surface area contributed by atoms with Crippen molar-refractivity contribution in [1.29, 1.82) is 0 Å². The van der Waals surface area contributed by atoms with Crippen LogP contribution >= 0.6 is 11.6 Å². The van der Waals surface area contributed by atoms with Gasteiger partial charge in [0.25, 0.3) is 5.91 Å². The number of sulfonamides is 1. The highest BCUT2D eigenvalue weighted by Gasteiger charge is 2.17. The van der Waals surface area contributed by atoms with Gasteiger partial charge in [-0.25, -0.2) is 8.42 Å². The van der Waals surface area contributed by atoms with Crippen molar-refractivity contribution in [2.24, 2.45) is 0 Å². The van der Waals surface area contributed by atoms with Gasteiger partial charge in [0, 0.05) is 18.7 Å². The third-order valence-corrected chi connectivity index (χ3v) is 3.94. The summed E-state index contributed by atoms with van der Waals surface area (Å²) in [6.45, 7) is 1.19. The van der Waals surface area contributed by atoms with Gasteiger partial charge >= 0.3 is 0 Å². The first-order valence-corrected chi connectivity index (χ1v) is 8.79. The molecule has 1 saturated heterocycles. The van der Waals surface area contributed by atoms with Gasteiger partial charge in [0.05, 0.1) is 23.1 Å². The minimum absolute atomic E-state index is 0.0654. The number of carbonyl (C=O) groups is 1. The molecule has 2 rings (SSSR count). The number of halogens is 1. The van der Waals surface area contributed by atoms with E-state index in [4.69, 9.17) is 16.3 Å². The zero-order valence-electron chi connectivity index (χ0n) is 11.6. The molecule has 1 aliphatic rings. The Labute approximate surface area is 128 Å². The van der Waals surface area contributed by atoms with Crippen LogP contribution in [0.25, 0.3) is 0 Å². The average Bonchev–Trinajstić information content (AvgIpc) is 2.90. The first-order valence-electron chi connectivity index (χ1n) is 6.52. The van der Waals surface area contributed by atoms with Crippen LogP contribution < -0.4 is 10.0 Å². The van der Waals surface area contributed by atoms with Crippen molar-refractivity contribution in [3.8, 4) is 0 Å². The van der Waals surface area contributed by atoms with Crippen molar-refractivity contribution in [2.75, 3.05) is 24.1 Å². The van der Waals surface area contributed by atoms with Gasteiger partial charge in [0.2, 0.25) is 10.0 Å². The van der Waals surface area contributed by atoms with E-state index in [-0.39, 0.29) is 22.7 Å². The van der Waals surface area contributed by atoms with Gasteiger partial charge in [-0.1, -0.05) is 11.6 Å². The van der Waals surface area contributed by atoms with Gasteiger partial charge in [-0.05, 0) is 31.0 Å². The lowest BCUT2D eigenvalue weighted by Gasteiger charge is -2.12. The Hall–Kier alpha value is -1.31. The van der Waals surface area contributed by atoms with E-state index >= 15 is 0 Å². The Morgan fingerprint density at radius 3 is 2.81 bits per heavy atom. The van der Waals surface area contributed by atoms with Crippen LogP contribution in [0.15, 0.2) is 18.2 Å². The topological polar surface area (TPSA) is 84.5 Å². The summed E-state index contributed by atoms with van der Waals surface area (Å²) < 4.78 is 30.0. The van der Waals surface area contributed by atoms with Crippen LogP contribution in [0.5, 0.6) is 0 Å². The number of carbonyl (C=O) groups excluding carboxylic acids is 1. The third-order valence-electron chi connectivity index (χ3n) is 3.04. The number of benzene rings is 1. The Morgan fingerprint density at radius 1 is 1.48 bits per heavy atom. The maximum atomic E-state index is 12.0. The van der Waals surface area contributed by atoms with Crippen LogP contribution in [0, 0.1) is 0 Å². The lowest BCUT2D eigenvalue weighted by Crippen LogP contribution is -2.31. The van der Waals surface area contributed by atoms with E-state index in [9.17, 15) is 13.2 Å².